The van der Waals surface area contributed by atoms with Gasteiger partial charge in [0.15, 0.2) is 5.65 Å². The number of aromatic nitrogens is 3. The maximum absolute atomic E-state index is 5.61. The SMILES string of the molecule is Cc1cc2nc(N)nn2cc1NC1CCCCC1. The van der Waals surface area contributed by atoms with Crippen molar-refractivity contribution in [2.75, 3.05) is 11.1 Å². The Bertz CT molecular complexity index is 554. The molecule has 0 spiro atoms. The molecule has 1 aliphatic carbocycles. The molecule has 2 aromatic rings. The molecule has 2 heterocycles. The highest BCUT2D eigenvalue weighted by molar-refractivity contribution is 5.57. The van der Waals surface area contributed by atoms with Crippen LogP contribution >= 0.6 is 0 Å². The largest absolute Gasteiger partial charge is 0.381 e. The number of rotatable bonds is 2. The first-order valence-electron chi connectivity index (χ1n) is 6.61. The number of hydrogen-bond donors (Lipinski definition) is 2. The van der Waals surface area contributed by atoms with Gasteiger partial charge in [-0.3, -0.25) is 0 Å². The van der Waals surface area contributed by atoms with Gasteiger partial charge in [0.1, 0.15) is 0 Å². The summed E-state index contributed by atoms with van der Waals surface area (Å²) in [6, 6.07) is 2.62. The summed E-state index contributed by atoms with van der Waals surface area (Å²) in [7, 11) is 0. The second kappa shape index (κ2) is 4.48. The highest BCUT2D eigenvalue weighted by atomic mass is 15.3. The maximum Gasteiger partial charge on any atom is 0.240 e. The van der Waals surface area contributed by atoms with E-state index in [1.54, 1.807) is 4.52 Å². The van der Waals surface area contributed by atoms with Crippen molar-refractivity contribution in [1.29, 1.82) is 0 Å². The molecule has 2 aromatic heterocycles. The summed E-state index contributed by atoms with van der Waals surface area (Å²) in [5, 5.41) is 7.77. The lowest BCUT2D eigenvalue weighted by Crippen LogP contribution is -2.22. The van der Waals surface area contributed by atoms with Crippen LogP contribution in [0, 0.1) is 6.92 Å². The zero-order valence-electron chi connectivity index (χ0n) is 10.7. The van der Waals surface area contributed by atoms with E-state index in [-0.39, 0.29) is 0 Å². The molecule has 1 saturated carbocycles. The van der Waals surface area contributed by atoms with Crippen LogP contribution in [0.5, 0.6) is 0 Å². The molecule has 0 bridgehead atoms. The van der Waals surface area contributed by atoms with Gasteiger partial charge in [-0.2, -0.15) is 4.98 Å². The summed E-state index contributed by atoms with van der Waals surface area (Å²) in [6.07, 6.45) is 8.54. The van der Waals surface area contributed by atoms with Crippen molar-refractivity contribution in [2.24, 2.45) is 0 Å². The fraction of sp³-hybridized carbons (Fsp3) is 0.538. The second-order valence-electron chi connectivity index (χ2n) is 5.12. The van der Waals surface area contributed by atoms with Crippen molar-refractivity contribution in [2.45, 2.75) is 45.1 Å². The van der Waals surface area contributed by atoms with Gasteiger partial charge in [-0.05, 0) is 31.4 Å². The van der Waals surface area contributed by atoms with Crippen LogP contribution in [0.2, 0.25) is 0 Å². The molecule has 1 aliphatic rings. The number of nitrogen functional groups attached to an aromatic ring is 1. The molecule has 0 unspecified atom stereocenters. The van der Waals surface area contributed by atoms with E-state index in [4.69, 9.17) is 5.73 Å². The third-order valence-corrected chi connectivity index (χ3v) is 3.66. The van der Waals surface area contributed by atoms with Crippen molar-refractivity contribution in [3.05, 3.63) is 17.8 Å². The Morgan fingerprint density at radius 1 is 1.33 bits per heavy atom. The molecule has 3 N–H and O–H groups in total. The van der Waals surface area contributed by atoms with Crippen molar-refractivity contribution in [1.82, 2.24) is 14.6 Å². The predicted molar refractivity (Wildman–Crippen MR) is 72.6 cm³/mol. The number of pyridine rings is 1. The van der Waals surface area contributed by atoms with Gasteiger partial charge in [0.05, 0.1) is 11.9 Å². The number of hydrogen-bond acceptors (Lipinski definition) is 4. The third kappa shape index (κ3) is 2.12. The molecule has 0 amide bonds. The molecular formula is C13H19N5. The van der Waals surface area contributed by atoms with Crippen LogP contribution in [0.1, 0.15) is 37.7 Å². The third-order valence-electron chi connectivity index (χ3n) is 3.66. The Morgan fingerprint density at radius 3 is 2.89 bits per heavy atom. The quantitative estimate of drug-likeness (QED) is 0.852. The second-order valence-corrected chi connectivity index (χ2v) is 5.12. The zero-order valence-corrected chi connectivity index (χ0v) is 10.7. The summed E-state index contributed by atoms with van der Waals surface area (Å²) in [5.74, 6) is 0.323. The van der Waals surface area contributed by atoms with Crippen LogP contribution in [0.3, 0.4) is 0 Å². The van der Waals surface area contributed by atoms with E-state index in [0.717, 1.165) is 11.3 Å². The van der Waals surface area contributed by atoms with E-state index in [1.807, 2.05) is 12.3 Å². The topological polar surface area (TPSA) is 68.2 Å². The summed E-state index contributed by atoms with van der Waals surface area (Å²) in [5.41, 5.74) is 8.75. The van der Waals surface area contributed by atoms with Crippen LogP contribution in [0.25, 0.3) is 5.65 Å². The normalized spacial score (nSPS) is 17.2. The summed E-state index contributed by atoms with van der Waals surface area (Å²) in [6.45, 7) is 2.09. The molecule has 3 rings (SSSR count). The van der Waals surface area contributed by atoms with Gasteiger partial charge in [-0.25, -0.2) is 4.52 Å². The lowest BCUT2D eigenvalue weighted by Gasteiger charge is -2.24. The molecule has 5 nitrogen and oxygen atoms in total. The van der Waals surface area contributed by atoms with Crippen molar-refractivity contribution in [3.8, 4) is 0 Å². The maximum atomic E-state index is 5.61. The van der Waals surface area contributed by atoms with E-state index in [0.29, 0.717) is 12.0 Å². The Morgan fingerprint density at radius 2 is 2.11 bits per heavy atom. The summed E-state index contributed by atoms with van der Waals surface area (Å²) in [4.78, 5) is 4.16. The molecule has 0 aromatic carbocycles. The highest BCUT2D eigenvalue weighted by Gasteiger charge is 2.14. The number of nitrogens with two attached hydrogens (primary N) is 1. The molecular weight excluding hydrogens is 226 g/mol. The minimum atomic E-state index is 0.323. The van der Waals surface area contributed by atoms with Gasteiger partial charge < -0.3 is 11.1 Å². The van der Waals surface area contributed by atoms with E-state index in [1.165, 1.54) is 37.7 Å². The molecule has 18 heavy (non-hydrogen) atoms. The molecule has 0 saturated heterocycles. The highest BCUT2D eigenvalue weighted by Crippen LogP contribution is 2.24. The van der Waals surface area contributed by atoms with E-state index in [9.17, 15) is 0 Å². The van der Waals surface area contributed by atoms with Gasteiger partial charge in [0.2, 0.25) is 5.95 Å². The lowest BCUT2D eigenvalue weighted by atomic mass is 9.95. The molecule has 96 valence electrons. The summed E-state index contributed by atoms with van der Waals surface area (Å²) < 4.78 is 1.74. The first kappa shape index (κ1) is 11.3. The van der Waals surface area contributed by atoms with Gasteiger partial charge >= 0.3 is 0 Å². The van der Waals surface area contributed by atoms with Gasteiger partial charge in [-0.15, -0.1) is 5.10 Å². The lowest BCUT2D eigenvalue weighted by molar-refractivity contribution is 0.462. The Balaban J connectivity index is 1.88. The first-order chi connectivity index (χ1) is 8.72. The van der Waals surface area contributed by atoms with Crippen molar-refractivity contribution in [3.63, 3.8) is 0 Å². The molecule has 5 heteroatoms. The predicted octanol–water partition coefficient (Wildman–Crippen LogP) is 2.36. The molecule has 0 aliphatic heterocycles. The Kier molecular flexibility index (Phi) is 2.81. The number of nitrogens with one attached hydrogen (secondary N) is 1. The average Bonchev–Trinajstić information content (AvgIpc) is 2.70. The van der Waals surface area contributed by atoms with Crippen molar-refractivity contribution < 1.29 is 0 Å². The number of aryl methyl sites for hydroxylation is 1. The molecule has 1 fully saturated rings. The smallest absolute Gasteiger partial charge is 0.240 e. The molecule has 0 radical (unpaired) electrons. The van der Waals surface area contributed by atoms with E-state index < -0.39 is 0 Å². The summed E-state index contributed by atoms with van der Waals surface area (Å²) >= 11 is 0. The average molecular weight is 245 g/mol. The molecule has 0 atom stereocenters. The number of fused-ring (bicyclic) bond motifs is 1. The fourth-order valence-electron chi connectivity index (χ4n) is 2.66. The monoisotopic (exact) mass is 245 g/mol. The Labute approximate surface area is 106 Å². The standard InChI is InChI=1S/C13H19N5/c1-9-7-12-16-13(14)17-18(12)8-11(9)15-10-5-3-2-4-6-10/h7-8,10,15H,2-6H2,1H3,(H2,14,17). The van der Waals surface area contributed by atoms with Crippen LogP contribution in [0.15, 0.2) is 12.3 Å². The minimum absolute atomic E-state index is 0.323. The van der Waals surface area contributed by atoms with Gasteiger partial charge in [0.25, 0.3) is 0 Å². The van der Waals surface area contributed by atoms with Crippen LogP contribution in [-0.2, 0) is 0 Å². The van der Waals surface area contributed by atoms with Gasteiger partial charge in [0, 0.05) is 6.04 Å². The number of nitrogens with zero attached hydrogens (tertiary/aromatic N) is 3. The fourth-order valence-corrected chi connectivity index (χ4v) is 2.66. The minimum Gasteiger partial charge on any atom is -0.381 e. The van der Waals surface area contributed by atoms with Gasteiger partial charge in [-0.1, -0.05) is 19.3 Å². The van der Waals surface area contributed by atoms with Crippen LogP contribution < -0.4 is 11.1 Å². The number of anilines is 2. The van der Waals surface area contributed by atoms with E-state index in [2.05, 4.69) is 22.3 Å². The van der Waals surface area contributed by atoms with Crippen LogP contribution in [-0.4, -0.2) is 20.6 Å². The van der Waals surface area contributed by atoms with Crippen molar-refractivity contribution >= 4 is 17.3 Å². The zero-order chi connectivity index (χ0) is 12.5. The van der Waals surface area contributed by atoms with E-state index >= 15 is 0 Å². The van der Waals surface area contributed by atoms with Crippen LogP contribution in [0.4, 0.5) is 11.6 Å². The Hall–Kier alpha value is -1.78. The first-order valence-corrected chi connectivity index (χ1v) is 6.61.